The number of nitrogens with one attached hydrogen (secondary N) is 1. The van der Waals surface area contributed by atoms with E-state index in [-0.39, 0.29) is 11.0 Å². The summed E-state index contributed by atoms with van der Waals surface area (Å²) in [5, 5.41) is 1.10. The minimum atomic E-state index is -3.52. The van der Waals surface area contributed by atoms with Crippen molar-refractivity contribution in [1.82, 2.24) is 9.29 Å². The summed E-state index contributed by atoms with van der Waals surface area (Å²) >= 11 is 0. The number of hydrogen-bond donors (Lipinski definition) is 1. The van der Waals surface area contributed by atoms with Gasteiger partial charge in [-0.3, -0.25) is 0 Å². The van der Waals surface area contributed by atoms with Gasteiger partial charge in [0, 0.05) is 62.1 Å². The van der Waals surface area contributed by atoms with Crippen molar-refractivity contribution < 1.29 is 13.2 Å². The van der Waals surface area contributed by atoms with E-state index in [1.54, 1.807) is 33.3 Å². The molecular formula is C21H25N3O3S. The molecule has 1 unspecified atom stereocenters. The van der Waals surface area contributed by atoms with E-state index in [0.717, 1.165) is 47.4 Å². The maximum absolute atomic E-state index is 12.7. The molecule has 1 aliphatic heterocycles. The summed E-state index contributed by atoms with van der Waals surface area (Å²) in [4.78, 5) is 6.00. The van der Waals surface area contributed by atoms with Crippen LogP contribution in [0, 0.1) is 0 Å². The Morgan fingerprint density at radius 2 is 1.93 bits per heavy atom. The predicted octanol–water partition coefficient (Wildman–Crippen LogP) is 3.31. The number of nitrogens with zero attached hydrogens (tertiary/aromatic N) is 2. The van der Waals surface area contributed by atoms with Crippen LogP contribution in [-0.2, 0) is 14.8 Å². The van der Waals surface area contributed by atoms with Crippen LogP contribution in [0.2, 0.25) is 0 Å². The maximum Gasteiger partial charge on any atom is 0.242 e. The molecule has 1 aliphatic rings. The fraction of sp³-hybridized carbons (Fsp3) is 0.333. The zero-order chi connectivity index (χ0) is 19.9. The quantitative estimate of drug-likeness (QED) is 0.715. The van der Waals surface area contributed by atoms with Gasteiger partial charge in [0.2, 0.25) is 10.0 Å². The van der Waals surface area contributed by atoms with E-state index < -0.39 is 10.0 Å². The van der Waals surface area contributed by atoms with Crippen LogP contribution in [0.5, 0.6) is 0 Å². The number of methoxy groups -OCH3 is 1. The average molecular weight is 400 g/mol. The third-order valence-corrected chi connectivity index (χ3v) is 7.20. The van der Waals surface area contributed by atoms with Gasteiger partial charge in [-0.25, -0.2) is 12.7 Å². The lowest BCUT2D eigenvalue weighted by Crippen LogP contribution is -2.24. The molecule has 4 rings (SSSR count). The Balaban J connectivity index is 1.86. The number of rotatable bonds is 5. The van der Waals surface area contributed by atoms with Gasteiger partial charge in [0.25, 0.3) is 0 Å². The first-order valence-corrected chi connectivity index (χ1v) is 10.8. The summed E-state index contributed by atoms with van der Waals surface area (Å²) in [6.45, 7) is 1.68. The molecule has 2 heterocycles. The van der Waals surface area contributed by atoms with E-state index >= 15 is 0 Å². The lowest BCUT2D eigenvalue weighted by atomic mass is 10.1. The van der Waals surface area contributed by atoms with Crippen LogP contribution in [0.3, 0.4) is 0 Å². The third kappa shape index (κ3) is 3.30. The number of ether oxygens (including phenoxy) is 1. The van der Waals surface area contributed by atoms with E-state index in [2.05, 4.69) is 16.0 Å². The number of sulfonamides is 1. The molecule has 0 spiro atoms. The highest BCUT2D eigenvalue weighted by molar-refractivity contribution is 7.89. The zero-order valence-electron chi connectivity index (χ0n) is 16.3. The maximum atomic E-state index is 12.7. The van der Waals surface area contributed by atoms with E-state index in [1.807, 2.05) is 30.3 Å². The van der Waals surface area contributed by atoms with Crippen LogP contribution in [0.25, 0.3) is 22.2 Å². The molecule has 1 N–H and O–H groups in total. The van der Waals surface area contributed by atoms with Gasteiger partial charge in [-0.2, -0.15) is 0 Å². The fourth-order valence-corrected chi connectivity index (χ4v) is 4.66. The van der Waals surface area contributed by atoms with E-state index in [9.17, 15) is 8.42 Å². The first kappa shape index (κ1) is 19.0. The summed E-state index contributed by atoms with van der Waals surface area (Å²) in [6, 6.07) is 15.5. The van der Waals surface area contributed by atoms with Crippen molar-refractivity contribution in [3.05, 3.63) is 48.5 Å². The number of hydrogen-bond acceptors (Lipinski definition) is 4. The number of anilines is 1. The Labute approximate surface area is 165 Å². The molecule has 148 valence electrons. The summed E-state index contributed by atoms with van der Waals surface area (Å²) in [7, 11) is 1.32. The number of fused-ring (bicyclic) bond motifs is 1. The molecule has 2 aromatic carbocycles. The minimum Gasteiger partial charge on any atom is -0.380 e. The van der Waals surface area contributed by atoms with Crippen molar-refractivity contribution in [3.8, 4) is 11.3 Å². The lowest BCUT2D eigenvalue weighted by Gasteiger charge is -2.23. The molecular weight excluding hydrogens is 374 g/mol. The molecule has 1 fully saturated rings. The molecule has 1 atom stereocenters. The number of aromatic nitrogens is 1. The molecule has 0 amide bonds. The molecule has 0 radical (unpaired) electrons. The normalized spacial score (nSPS) is 17.7. The highest BCUT2D eigenvalue weighted by Gasteiger charge is 2.26. The Kier molecular flexibility index (Phi) is 4.91. The van der Waals surface area contributed by atoms with E-state index in [1.165, 1.54) is 4.31 Å². The van der Waals surface area contributed by atoms with Gasteiger partial charge in [-0.05, 0) is 36.8 Å². The number of para-hydroxylation sites is 1. The molecule has 28 heavy (non-hydrogen) atoms. The van der Waals surface area contributed by atoms with Crippen LogP contribution in [0.15, 0.2) is 53.4 Å². The van der Waals surface area contributed by atoms with Crippen LogP contribution in [-0.4, -0.2) is 58.1 Å². The fourth-order valence-electron chi connectivity index (χ4n) is 3.74. The van der Waals surface area contributed by atoms with Gasteiger partial charge < -0.3 is 14.6 Å². The molecule has 3 aromatic rings. The Bertz CT molecular complexity index is 1070. The van der Waals surface area contributed by atoms with Crippen LogP contribution < -0.4 is 4.90 Å². The highest BCUT2D eigenvalue weighted by Crippen LogP contribution is 2.36. The largest absolute Gasteiger partial charge is 0.380 e. The van der Waals surface area contributed by atoms with Gasteiger partial charge >= 0.3 is 0 Å². The monoisotopic (exact) mass is 399 g/mol. The molecule has 0 saturated carbocycles. The molecule has 0 bridgehead atoms. The minimum absolute atomic E-state index is 0.195. The predicted molar refractivity (Wildman–Crippen MR) is 112 cm³/mol. The third-order valence-electron chi connectivity index (χ3n) is 5.39. The molecule has 6 nitrogen and oxygen atoms in total. The zero-order valence-corrected chi connectivity index (χ0v) is 17.2. The lowest BCUT2D eigenvalue weighted by molar-refractivity contribution is 0.121. The van der Waals surface area contributed by atoms with Crippen LogP contribution >= 0.6 is 0 Å². The van der Waals surface area contributed by atoms with Crippen molar-refractivity contribution in [2.75, 3.05) is 39.2 Å². The van der Waals surface area contributed by atoms with Gasteiger partial charge in [0.05, 0.1) is 11.0 Å². The SMILES string of the molecule is COC1CCN(c2ccc(S(=O)(=O)N(C)C)cc2-c2cc3ccccc3[nH]2)C1. The van der Waals surface area contributed by atoms with E-state index in [4.69, 9.17) is 4.74 Å². The summed E-state index contributed by atoms with van der Waals surface area (Å²) in [6.07, 6.45) is 1.15. The van der Waals surface area contributed by atoms with Crippen molar-refractivity contribution in [3.63, 3.8) is 0 Å². The van der Waals surface area contributed by atoms with E-state index in [0.29, 0.717) is 0 Å². The number of H-pyrrole nitrogens is 1. The van der Waals surface area contributed by atoms with Gasteiger partial charge in [0.1, 0.15) is 0 Å². The van der Waals surface area contributed by atoms with Crippen molar-refractivity contribution >= 4 is 26.6 Å². The van der Waals surface area contributed by atoms with Crippen molar-refractivity contribution in [2.24, 2.45) is 0 Å². The smallest absolute Gasteiger partial charge is 0.242 e. The second kappa shape index (κ2) is 7.24. The number of benzene rings is 2. The second-order valence-electron chi connectivity index (χ2n) is 7.33. The second-order valence-corrected chi connectivity index (χ2v) is 9.48. The topological polar surface area (TPSA) is 65.6 Å². The van der Waals surface area contributed by atoms with Gasteiger partial charge in [0.15, 0.2) is 0 Å². The summed E-state index contributed by atoms with van der Waals surface area (Å²) < 4.78 is 32.2. The van der Waals surface area contributed by atoms with Crippen LogP contribution in [0.4, 0.5) is 5.69 Å². The Hall–Kier alpha value is -2.35. The molecule has 1 saturated heterocycles. The first-order valence-electron chi connectivity index (χ1n) is 9.32. The Morgan fingerprint density at radius 3 is 2.61 bits per heavy atom. The van der Waals surface area contributed by atoms with Crippen molar-refractivity contribution in [1.29, 1.82) is 0 Å². The molecule has 7 heteroatoms. The summed E-state index contributed by atoms with van der Waals surface area (Å²) in [5.41, 5.74) is 3.84. The van der Waals surface area contributed by atoms with Gasteiger partial charge in [-0.15, -0.1) is 0 Å². The Morgan fingerprint density at radius 1 is 1.14 bits per heavy atom. The molecule has 1 aromatic heterocycles. The van der Waals surface area contributed by atoms with Crippen molar-refractivity contribution in [2.45, 2.75) is 17.4 Å². The first-order chi connectivity index (χ1) is 13.4. The molecule has 0 aliphatic carbocycles. The van der Waals surface area contributed by atoms with Crippen LogP contribution in [0.1, 0.15) is 6.42 Å². The highest BCUT2D eigenvalue weighted by atomic mass is 32.2. The summed E-state index contributed by atoms with van der Waals surface area (Å²) in [5.74, 6) is 0. The number of aromatic amines is 1. The average Bonchev–Trinajstić information content (AvgIpc) is 3.34. The standard InChI is InChI=1S/C21H25N3O3S/c1-23(2)28(25,26)17-8-9-21(24-11-10-16(14-24)27-3)18(13-17)20-12-15-6-4-5-7-19(15)22-20/h4-9,12-13,16,22H,10-11,14H2,1-3H3. The van der Waals surface area contributed by atoms with Gasteiger partial charge in [-0.1, -0.05) is 18.2 Å².